The smallest absolute Gasteiger partial charge is 0.232 e. The Hall–Kier alpha value is -2.07. The maximum absolute atomic E-state index is 12.4. The summed E-state index contributed by atoms with van der Waals surface area (Å²) in [6.07, 6.45) is 0.578. The maximum Gasteiger partial charge on any atom is 0.232 e. The lowest BCUT2D eigenvalue weighted by molar-refractivity contribution is -0.117. The number of aryl methyl sites for hydroxylation is 2. The number of hydrogen-bond donors (Lipinski definition) is 1. The number of fused-ring (bicyclic) bond motifs is 2. The van der Waals surface area contributed by atoms with Crippen molar-refractivity contribution in [3.05, 3.63) is 63.3 Å². The SMILES string of the molecule is Cc1ccc2oc(C[C@H]3C(=O)Nc4ccc(Br)cc43)c(C)c2c1. The van der Waals surface area contributed by atoms with Crippen LogP contribution in [0.3, 0.4) is 0 Å². The van der Waals surface area contributed by atoms with E-state index in [0.717, 1.165) is 38.0 Å². The van der Waals surface area contributed by atoms with Crippen molar-refractivity contribution in [3.63, 3.8) is 0 Å². The minimum atomic E-state index is -0.206. The Morgan fingerprint density at radius 3 is 2.83 bits per heavy atom. The van der Waals surface area contributed by atoms with Gasteiger partial charge >= 0.3 is 0 Å². The van der Waals surface area contributed by atoms with Gasteiger partial charge in [0.1, 0.15) is 11.3 Å². The van der Waals surface area contributed by atoms with Gasteiger partial charge in [-0.1, -0.05) is 27.6 Å². The molecule has 1 amide bonds. The van der Waals surface area contributed by atoms with Crippen molar-refractivity contribution < 1.29 is 9.21 Å². The Bertz CT molecular complexity index is 942. The summed E-state index contributed by atoms with van der Waals surface area (Å²) >= 11 is 3.49. The molecule has 0 fully saturated rings. The molecule has 4 heteroatoms. The van der Waals surface area contributed by atoms with E-state index in [1.165, 1.54) is 5.56 Å². The van der Waals surface area contributed by atoms with Crippen LogP contribution in [0.5, 0.6) is 0 Å². The van der Waals surface area contributed by atoms with Crippen LogP contribution in [-0.2, 0) is 11.2 Å². The third-order valence-corrected chi connectivity index (χ3v) is 5.04. The van der Waals surface area contributed by atoms with E-state index in [4.69, 9.17) is 4.42 Å². The van der Waals surface area contributed by atoms with Gasteiger partial charge in [0.15, 0.2) is 0 Å². The molecule has 1 aromatic heterocycles. The first-order chi connectivity index (χ1) is 11.0. The number of nitrogens with one attached hydrogen (secondary N) is 1. The number of benzene rings is 2. The molecule has 23 heavy (non-hydrogen) atoms. The number of furan rings is 1. The van der Waals surface area contributed by atoms with Gasteiger partial charge in [-0.25, -0.2) is 0 Å². The molecule has 0 saturated heterocycles. The third kappa shape index (κ3) is 2.38. The van der Waals surface area contributed by atoms with Crippen molar-refractivity contribution in [2.75, 3.05) is 5.32 Å². The van der Waals surface area contributed by atoms with Crippen LogP contribution in [0.15, 0.2) is 45.3 Å². The van der Waals surface area contributed by atoms with Gasteiger partial charge in [-0.3, -0.25) is 4.79 Å². The van der Waals surface area contributed by atoms with Crippen LogP contribution in [0, 0.1) is 13.8 Å². The van der Waals surface area contributed by atoms with Gasteiger partial charge in [-0.2, -0.15) is 0 Å². The van der Waals surface area contributed by atoms with E-state index in [1.54, 1.807) is 0 Å². The molecule has 0 spiro atoms. The summed E-state index contributed by atoms with van der Waals surface area (Å²) in [6, 6.07) is 12.1. The Kier molecular flexibility index (Phi) is 3.31. The quantitative estimate of drug-likeness (QED) is 0.683. The third-order valence-electron chi connectivity index (χ3n) is 4.54. The highest BCUT2D eigenvalue weighted by Gasteiger charge is 2.32. The number of carbonyl (C=O) groups is 1. The molecule has 3 nitrogen and oxygen atoms in total. The molecule has 1 N–H and O–H groups in total. The fraction of sp³-hybridized carbons (Fsp3) is 0.211. The second kappa shape index (κ2) is 5.24. The highest BCUT2D eigenvalue weighted by atomic mass is 79.9. The lowest BCUT2D eigenvalue weighted by Crippen LogP contribution is -2.14. The predicted octanol–water partition coefficient (Wildman–Crippen LogP) is 5.09. The molecule has 0 aliphatic carbocycles. The van der Waals surface area contributed by atoms with Gasteiger partial charge in [0.25, 0.3) is 0 Å². The summed E-state index contributed by atoms with van der Waals surface area (Å²) in [4.78, 5) is 12.4. The van der Waals surface area contributed by atoms with Crippen molar-refractivity contribution >= 4 is 38.5 Å². The first-order valence-corrected chi connectivity index (χ1v) is 8.41. The number of rotatable bonds is 2. The molecular formula is C19H16BrNO2. The molecule has 0 saturated carbocycles. The molecule has 2 heterocycles. The molecule has 1 aliphatic rings. The fourth-order valence-electron chi connectivity index (χ4n) is 3.26. The zero-order valence-corrected chi connectivity index (χ0v) is 14.5. The number of halogens is 1. The van der Waals surface area contributed by atoms with Gasteiger partial charge in [0.05, 0.1) is 5.92 Å². The average molecular weight is 370 g/mol. The van der Waals surface area contributed by atoms with Crippen LogP contribution in [0.4, 0.5) is 5.69 Å². The lowest BCUT2D eigenvalue weighted by atomic mass is 9.94. The molecular weight excluding hydrogens is 354 g/mol. The van der Waals surface area contributed by atoms with E-state index in [9.17, 15) is 4.79 Å². The normalized spacial score (nSPS) is 16.7. The van der Waals surface area contributed by atoms with Crippen molar-refractivity contribution in [1.82, 2.24) is 0 Å². The summed E-state index contributed by atoms with van der Waals surface area (Å²) in [7, 11) is 0. The van der Waals surface area contributed by atoms with Gasteiger partial charge in [0.2, 0.25) is 5.91 Å². The minimum absolute atomic E-state index is 0.0362. The Balaban J connectivity index is 1.76. The lowest BCUT2D eigenvalue weighted by Gasteiger charge is -2.08. The van der Waals surface area contributed by atoms with Gasteiger partial charge in [-0.15, -0.1) is 0 Å². The van der Waals surface area contributed by atoms with Crippen molar-refractivity contribution in [2.45, 2.75) is 26.2 Å². The molecule has 0 radical (unpaired) electrons. The van der Waals surface area contributed by atoms with E-state index in [0.29, 0.717) is 6.42 Å². The second-order valence-corrected chi connectivity index (χ2v) is 7.04. The molecule has 0 bridgehead atoms. The standard InChI is InChI=1S/C19H16BrNO2/c1-10-3-6-17-13(7-10)11(2)18(23-17)9-15-14-8-12(20)4-5-16(14)21-19(15)22/h3-8,15H,9H2,1-2H3,(H,21,22)/t15-/m1/s1. The second-order valence-electron chi connectivity index (χ2n) is 6.13. The van der Waals surface area contributed by atoms with Crippen LogP contribution >= 0.6 is 15.9 Å². The van der Waals surface area contributed by atoms with Crippen LogP contribution < -0.4 is 5.32 Å². The first-order valence-electron chi connectivity index (χ1n) is 7.62. The summed E-state index contributed by atoms with van der Waals surface area (Å²) < 4.78 is 7.00. The fourth-order valence-corrected chi connectivity index (χ4v) is 3.64. The Morgan fingerprint density at radius 1 is 1.17 bits per heavy atom. The first kappa shape index (κ1) is 14.5. The largest absolute Gasteiger partial charge is 0.461 e. The van der Waals surface area contributed by atoms with E-state index < -0.39 is 0 Å². The van der Waals surface area contributed by atoms with Gasteiger partial charge in [-0.05, 0) is 55.3 Å². The van der Waals surface area contributed by atoms with Crippen LogP contribution in [-0.4, -0.2) is 5.91 Å². The van der Waals surface area contributed by atoms with E-state index in [2.05, 4.69) is 41.2 Å². The van der Waals surface area contributed by atoms with E-state index in [-0.39, 0.29) is 11.8 Å². The van der Waals surface area contributed by atoms with Crippen LogP contribution in [0.25, 0.3) is 11.0 Å². The maximum atomic E-state index is 12.4. The minimum Gasteiger partial charge on any atom is -0.461 e. The van der Waals surface area contributed by atoms with E-state index >= 15 is 0 Å². The molecule has 4 rings (SSSR count). The van der Waals surface area contributed by atoms with Crippen LogP contribution in [0.1, 0.15) is 28.4 Å². The average Bonchev–Trinajstić information content (AvgIpc) is 2.99. The Morgan fingerprint density at radius 2 is 2.00 bits per heavy atom. The number of amides is 1. The number of carbonyl (C=O) groups excluding carboxylic acids is 1. The Labute approximate surface area is 142 Å². The topological polar surface area (TPSA) is 42.2 Å². The molecule has 3 aromatic rings. The van der Waals surface area contributed by atoms with Gasteiger partial charge < -0.3 is 9.73 Å². The van der Waals surface area contributed by atoms with Crippen molar-refractivity contribution in [1.29, 1.82) is 0 Å². The molecule has 1 atom stereocenters. The zero-order valence-electron chi connectivity index (χ0n) is 12.9. The summed E-state index contributed by atoms with van der Waals surface area (Å²) in [5, 5.41) is 4.09. The summed E-state index contributed by atoms with van der Waals surface area (Å²) in [6.45, 7) is 4.14. The number of anilines is 1. The predicted molar refractivity (Wildman–Crippen MR) is 94.9 cm³/mol. The summed E-state index contributed by atoms with van der Waals surface area (Å²) in [5.41, 5.74) is 5.14. The molecule has 0 unspecified atom stereocenters. The van der Waals surface area contributed by atoms with Crippen LogP contribution in [0.2, 0.25) is 0 Å². The van der Waals surface area contributed by atoms with Crippen molar-refractivity contribution in [3.8, 4) is 0 Å². The van der Waals surface area contributed by atoms with Gasteiger partial charge in [0, 0.05) is 22.0 Å². The molecule has 1 aliphatic heterocycles. The highest BCUT2D eigenvalue weighted by molar-refractivity contribution is 9.10. The summed E-state index contributed by atoms with van der Waals surface area (Å²) in [5.74, 6) is 0.718. The van der Waals surface area contributed by atoms with Crippen molar-refractivity contribution in [2.24, 2.45) is 0 Å². The zero-order chi connectivity index (χ0) is 16.1. The molecule has 116 valence electrons. The monoisotopic (exact) mass is 369 g/mol. The molecule has 2 aromatic carbocycles. The van der Waals surface area contributed by atoms with E-state index in [1.807, 2.05) is 30.3 Å². The highest BCUT2D eigenvalue weighted by Crippen LogP contribution is 2.38. The number of hydrogen-bond acceptors (Lipinski definition) is 2.